The second-order valence-corrected chi connectivity index (χ2v) is 4.61. The van der Waals surface area contributed by atoms with Crippen LogP contribution in [0.15, 0.2) is 0 Å². The number of carbonyl (C=O) groups excluding carboxylic acids is 1. The highest BCUT2D eigenvalue weighted by molar-refractivity contribution is 5.75. The second-order valence-electron chi connectivity index (χ2n) is 4.61. The summed E-state index contributed by atoms with van der Waals surface area (Å²) in [6, 6.07) is -0.236. The maximum absolute atomic E-state index is 11.6. The third-order valence-electron chi connectivity index (χ3n) is 3.24. The van der Waals surface area contributed by atoms with Crippen molar-refractivity contribution in [2.75, 3.05) is 39.9 Å². The van der Waals surface area contributed by atoms with Crippen LogP contribution in [0.3, 0.4) is 0 Å². The van der Waals surface area contributed by atoms with Crippen LogP contribution in [0.5, 0.6) is 0 Å². The van der Waals surface area contributed by atoms with E-state index in [-0.39, 0.29) is 12.0 Å². The van der Waals surface area contributed by atoms with Crippen LogP contribution in [-0.4, -0.2) is 62.9 Å². The molecule has 2 unspecified atom stereocenters. The van der Waals surface area contributed by atoms with E-state index in [1.165, 1.54) is 7.11 Å². The van der Waals surface area contributed by atoms with Crippen molar-refractivity contribution >= 4 is 5.97 Å². The van der Waals surface area contributed by atoms with Gasteiger partial charge < -0.3 is 14.8 Å². The Bertz CT molecular complexity index is 246. The molecule has 18 heavy (non-hydrogen) atoms. The van der Waals surface area contributed by atoms with Crippen molar-refractivity contribution < 1.29 is 14.3 Å². The molecule has 0 amide bonds. The summed E-state index contributed by atoms with van der Waals surface area (Å²) >= 11 is 0. The molecular formula is C13H26N2O3. The van der Waals surface area contributed by atoms with Gasteiger partial charge in [-0.3, -0.25) is 9.69 Å². The number of hydrogen-bond acceptors (Lipinski definition) is 5. The van der Waals surface area contributed by atoms with Crippen LogP contribution in [0, 0.1) is 0 Å². The quantitative estimate of drug-likeness (QED) is 0.679. The average Bonchev–Trinajstić information content (AvgIpc) is 2.38. The van der Waals surface area contributed by atoms with E-state index in [2.05, 4.69) is 10.2 Å². The first-order valence-corrected chi connectivity index (χ1v) is 6.86. The smallest absolute Gasteiger partial charge is 0.324 e. The summed E-state index contributed by atoms with van der Waals surface area (Å²) in [6.45, 7) is 8.18. The molecule has 0 saturated carbocycles. The van der Waals surface area contributed by atoms with E-state index in [0.717, 1.165) is 39.1 Å². The molecule has 0 aromatic carbocycles. The molecule has 1 N–H and O–H groups in total. The number of rotatable bonds is 7. The first kappa shape index (κ1) is 15.4. The Balaban J connectivity index is 2.44. The highest BCUT2D eigenvalue weighted by Crippen LogP contribution is 2.13. The Labute approximate surface area is 110 Å². The van der Waals surface area contributed by atoms with E-state index in [9.17, 15) is 4.79 Å². The minimum absolute atomic E-state index is 0.185. The molecule has 106 valence electrons. The van der Waals surface area contributed by atoms with E-state index in [0.29, 0.717) is 12.6 Å². The van der Waals surface area contributed by atoms with E-state index in [1.807, 2.05) is 13.8 Å². The lowest BCUT2D eigenvalue weighted by Gasteiger charge is -2.34. The van der Waals surface area contributed by atoms with Gasteiger partial charge in [0.25, 0.3) is 0 Å². The maximum Gasteiger partial charge on any atom is 0.324 e. The van der Waals surface area contributed by atoms with Gasteiger partial charge in [-0.15, -0.1) is 0 Å². The standard InChI is InChI=1S/C13H26N2O3/c1-4-14-12(13(16)17-3)10-15-8-6-7-11(9-15)18-5-2/h11-12,14H,4-10H2,1-3H3. The summed E-state index contributed by atoms with van der Waals surface area (Å²) in [4.78, 5) is 13.9. The van der Waals surface area contributed by atoms with Gasteiger partial charge >= 0.3 is 5.97 Å². The minimum atomic E-state index is -0.236. The number of ether oxygens (including phenoxy) is 2. The number of piperidine rings is 1. The topological polar surface area (TPSA) is 50.8 Å². The Kier molecular flexibility index (Phi) is 7.23. The van der Waals surface area contributed by atoms with E-state index in [1.54, 1.807) is 0 Å². The average molecular weight is 258 g/mol. The van der Waals surface area contributed by atoms with Gasteiger partial charge in [-0.05, 0) is 32.9 Å². The van der Waals surface area contributed by atoms with Crippen LogP contribution in [0.4, 0.5) is 0 Å². The molecule has 0 aromatic heterocycles. The van der Waals surface area contributed by atoms with E-state index in [4.69, 9.17) is 9.47 Å². The Morgan fingerprint density at radius 2 is 2.28 bits per heavy atom. The van der Waals surface area contributed by atoms with Gasteiger partial charge in [0.05, 0.1) is 13.2 Å². The molecule has 0 bridgehead atoms. The van der Waals surface area contributed by atoms with Crippen molar-refractivity contribution in [3.63, 3.8) is 0 Å². The Morgan fingerprint density at radius 3 is 2.89 bits per heavy atom. The van der Waals surface area contributed by atoms with Crippen LogP contribution in [-0.2, 0) is 14.3 Å². The molecule has 1 saturated heterocycles. The number of esters is 1. The number of carbonyl (C=O) groups is 1. The number of methoxy groups -OCH3 is 1. The molecule has 1 fully saturated rings. The van der Waals surface area contributed by atoms with Crippen molar-refractivity contribution in [1.82, 2.24) is 10.2 Å². The van der Waals surface area contributed by atoms with Crippen LogP contribution in [0.1, 0.15) is 26.7 Å². The van der Waals surface area contributed by atoms with Gasteiger partial charge in [-0.1, -0.05) is 6.92 Å². The lowest BCUT2D eigenvalue weighted by atomic mass is 10.1. The number of hydrogen-bond donors (Lipinski definition) is 1. The SMILES string of the molecule is CCNC(CN1CCCC(OCC)C1)C(=O)OC. The van der Waals surface area contributed by atoms with Crippen molar-refractivity contribution in [2.24, 2.45) is 0 Å². The van der Waals surface area contributed by atoms with Crippen LogP contribution < -0.4 is 5.32 Å². The van der Waals surface area contributed by atoms with E-state index >= 15 is 0 Å². The van der Waals surface area contributed by atoms with Gasteiger partial charge in [0.15, 0.2) is 0 Å². The zero-order chi connectivity index (χ0) is 13.4. The molecule has 1 aliphatic rings. The summed E-state index contributed by atoms with van der Waals surface area (Å²) < 4.78 is 10.5. The fourth-order valence-electron chi connectivity index (χ4n) is 2.42. The Hall–Kier alpha value is -0.650. The number of nitrogens with zero attached hydrogens (tertiary/aromatic N) is 1. The lowest BCUT2D eigenvalue weighted by Crippen LogP contribution is -2.50. The normalized spacial score (nSPS) is 22.7. The third kappa shape index (κ3) is 4.92. The molecular weight excluding hydrogens is 232 g/mol. The fraction of sp³-hybridized carbons (Fsp3) is 0.923. The van der Waals surface area contributed by atoms with Crippen molar-refractivity contribution in [3.05, 3.63) is 0 Å². The van der Waals surface area contributed by atoms with Gasteiger partial charge in [0, 0.05) is 19.7 Å². The molecule has 0 spiro atoms. The molecule has 2 atom stereocenters. The van der Waals surface area contributed by atoms with Crippen molar-refractivity contribution in [1.29, 1.82) is 0 Å². The van der Waals surface area contributed by atoms with Crippen LogP contribution >= 0.6 is 0 Å². The number of nitrogens with one attached hydrogen (secondary N) is 1. The molecule has 5 heteroatoms. The molecule has 0 radical (unpaired) electrons. The van der Waals surface area contributed by atoms with Gasteiger partial charge in [-0.25, -0.2) is 0 Å². The zero-order valence-electron chi connectivity index (χ0n) is 11.8. The van der Waals surface area contributed by atoms with Crippen molar-refractivity contribution in [3.8, 4) is 0 Å². The summed E-state index contributed by atoms with van der Waals surface area (Å²) in [7, 11) is 1.44. The molecule has 5 nitrogen and oxygen atoms in total. The summed E-state index contributed by atoms with van der Waals surface area (Å²) in [5, 5.41) is 3.17. The lowest BCUT2D eigenvalue weighted by molar-refractivity contribution is -0.144. The largest absolute Gasteiger partial charge is 0.468 e. The third-order valence-corrected chi connectivity index (χ3v) is 3.24. The molecule has 1 heterocycles. The molecule has 0 aliphatic carbocycles. The van der Waals surface area contributed by atoms with E-state index < -0.39 is 0 Å². The number of likely N-dealkylation sites (tertiary alicyclic amines) is 1. The molecule has 0 aromatic rings. The van der Waals surface area contributed by atoms with Gasteiger partial charge in [0.2, 0.25) is 0 Å². The second kappa shape index (κ2) is 8.45. The minimum Gasteiger partial charge on any atom is -0.468 e. The summed E-state index contributed by atoms with van der Waals surface area (Å²) in [6.07, 6.45) is 2.56. The highest BCUT2D eigenvalue weighted by Gasteiger charge is 2.25. The van der Waals surface area contributed by atoms with Crippen LogP contribution in [0.2, 0.25) is 0 Å². The first-order chi connectivity index (χ1) is 8.71. The van der Waals surface area contributed by atoms with Crippen molar-refractivity contribution in [2.45, 2.75) is 38.8 Å². The fourth-order valence-corrected chi connectivity index (χ4v) is 2.42. The van der Waals surface area contributed by atoms with Gasteiger partial charge in [-0.2, -0.15) is 0 Å². The molecule has 1 aliphatic heterocycles. The highest BCUT2D eigenvalue weighted by atomic mass is 16.5. The predicted octanol–water partition coefficient (Wildman–Crippen LogP) is 0.638. The number of likely N-dealkylation sites (N-methyl/N-ethyl adjacent to an activating group) is 1. The maximum atomic E-state index is 11.6. The van der Waals surface area contributed by atoms with Crippen LogP contribution in [0.25, 0.3) is 0 Å². The Morgan fingerprint density at radius 1 is 1.50 bits per heavy atom. The zero-order valence-corrected chi connectivity index (χ0v) is 11.8. The summed E-state index contributed by atoms with van der Waals surface area (Å²) in [5.41, 5.74) is 0. The summed E-state index contributed by atoms with van der Waals surface area (Å²) in [5.74, 6) is -0.185. The monoisotopic (exact) mass is 258 g/mol. The predicted molar refractivity (Wildman–Crippen MR) is 70.6 cm³/mol. The van der Waals surface area contributed by atoms with Gasteiger partial charge in [0.1, 0.15) is 6.04 Å². The molecule has 1 rings (SSSR count). The first-order valence-electron chi connectivity index (χ1n) is 6.86.